The number of thioether (sulfide) groups is 1. The van der Waals surface area contributed by atoms with Crippen molar-refractivity contribution in [3.05, 3.63) is 11.8 Å². The molecule has 30 heavy (non-hydrogen) atoms. The van der Waals surface area contributed by atoms with Gasteiger partial charge in [-0.2, -0.15) is 0 Å². The van der Waals surface area contributed by atoms with Crippen LogP contribution in [0.3, 0.4) is 0 Å². The molecule has 4 aliphatic rings. The second-order valence-corrected chi connectivity index (χ2v) is 10.1. The van der Waals surface area contributed by atoms with Crippen LogP contribution in [0.15, 0.2) is 11.8 Å². The summed E-state index contributed by atoms with van der Waals surface area (Å²) in [5, 5.41) is 33.1. The molecule has 0 bridgehead atoms. The molecule has 2 amide bonds. The van der Waals surface area contributed by atoms with Gasteiger partial charge >= 0.3 is 5.97 Å². The van der Waals surface area contributed by atoms with Gasteiger partial charge in [-0.25, -0.2) is 4.79 Å². The Morgan fingerprint density at radius 2 is 2.17 bits per heavy atom. The largest absolute Gasteiger partial charge is 0.477 e. The third kappa shape index (κ3) is 3.02. The fraction of sp³-hybridized carbons (Fsp3) is 0.684. The van der Waals surface area contributed by atoms with Crippen LogP contribution in [0.1, 0.15) is 20.3 Å². The molecule has 0 saturated carbocycles. The zero-order valence-electron chi connectivity index (χ0n) is 16.9. The van der Waals surface area contributed by atoms with Crippen LogP contribution in [-0.2, 0) is 14.4 Å². The SMILES string of the molecule is CC1C=C(C(=O)O)N2C(=O)C(SC3CNC(C(=O)N4CC(NC=N)C4)C3)(C(C)O)[C@H]12. The van der Waals surface area contributed by atoms with Crippen molar-refractivity contribution >= 4 is 35.9 Å². The zero-order valence-corrected chi connectivity index (χ0v) is 17.7. The summed E-state index contributed by atoms with van der Waals surface area (Å²) in [5.74, 6) is -1.68. The summed E-state index contributed by atoms with van der Waals surface area (Å²) in [6.07, 6.45) is 2.32. The minimum atomic E-state index is -1.14. The van der Waals surface area contributed by atoms with Crippen LogP contribution in [0.4, 0.5) is 0 Å². The van der Waals surface area contributed by atoms with E-state index in [9.17, 15) is 24.6 Å². The van der Waals surface area contributed by atoms with Gasteiger partial charge in [0.25, 0.3) is 0 Å². The van der Waals surface area contributed by atoms with Crippen LogP contribution in [0.2, 0.25) is 0 Å². The maximum Gasteiger partial charge on any atom is 0.352 e. The highest BCUT2D eigenvalue weighted by Crippen LogP contribution is 2.55. The number of amides is 2. The first-order chi connectivity index (χ1) is 14.2. The summed E-state index contributed by atoms with van der Waals surface area (Å²) in [4.78, 5) is 40.3. The molecule has 0 aliphatic carbocycles. The van der Waals surface area contributed by atoms with Gasteiger partial charge in [0.1, 0.15) is 10.4 Å². The second kappa shape index (κ2) is 7.54. The molecule has 164 valence electrons. The number of aliphatic hydroxyl groups excluding tert-OH is 1. The highest BCUT2D eigenvalue weighted by Gasteiger charge is 2.69. The molecule has 10 nitrogen and oxygen atoms in total. The molecule has 4 rings (SSSR count). The van der Waals surface area contributed by atoms with Gasteiger partial charge < -0.3 is 25.7 Å². The van der Waals surface area contributed by atoms with Crippen molar-refractivity contribution in [3.63, 3.8) is 0 Å². The van der Waals surface area contributed by atoms with Gasteiger partial charge in [0, 0.05) is 24.9 Å². The average molecular weight is 438 g/mol. The van der Waals surface area contributed by atoms with Crippen molar-refractivity contribution in [2.75, 3.05) is 19.6 Å². The minimum Gasteiger partial charge on any atom is -0.477 e. The van der Waals surface area contributed by atoms with Crippen molar-refractivity contribution in [2.24, 2.45) is 5.92 Å². The number of aliphatic hydroxyl groups is 1. The highest BCUT2D eigenvalue weighted by atomic mass is 32.2. The number of hydrogen-bond acceptors (Lipinski definition) is 7. The molecule has 0 aromatic carbocycles. The Balaban J connectivity index is 1.41. The molecule has 4 aliphatic heterocycles. The normalized spacial score (nSPS) is 36.5. The van der Waals surface area contributed by atoms with Crippen molar-refractivity contribution in [2.45, 2.75) is 54.5 Å². The molecular formula is C19H27N5O5S. The standard InChI is InChI=1S/C19H27N5O5S/c1-9-3-14(17(27)28)24-15(9)19(10(2)25,18(24)29)30-12-4-13(21-5-12)16(26)23-6-11(7-23)22-8-20/h3,8-13,15,21,25H,4-7H2,1-2H3,(H2,20,22)(H,27,28)/t9?,10?,12?,13?,15-,19?/m0/s1. The Morgan fingerprint density at radius 3 is 2.77 bits per heavy atom. The quantitative estimate of drug-likeness (QED) is 0.190. The number of carboxylic acid groups (broad SMARTS) is 1. The molecule has 6 atom stereocenters. The Kier molecular flexibility index (Phi) is 5.31. The number of aliphatic carboxylic acids is 1. The van der Waals surface area contributed by atoms with Crippen LogP contribution in [-0.4, -0.2) is 98.0 Å². The number of likely N-dealkylation sites (tertiary alicyclic amines) is 1. The molecule has 5 N–H and O–H groups in total. The van der Waals surface area contributed by atoms with Gasteiger partial charge in [0.2, 0.25) is 11.8 Å². The van der Waals surface area contributed by atoms with Crippen LogP contribution < -0.4 is 10.6 Å². The number of carbonyl (C=O) groups excluding carboxylic acids is 2. The fourth-order valence-electron chi connectivity index (χ4n) is 5.05. The van der Waals surface area contributed by atoms with Crippen molar-refractivity contribution in [1.29, 1.82) is 5.41 Å². The van der Waals surface area contributed by atoms with E-state index in [-0.39, 0.29) is 40.8 Å². The number of fused-ring (bicyclic) bond motifs is 1. The second-order valence-electron chi connectivity index (χ2n) is 8.49. The van der Waals surface area contributed by atoms with E-state index >= 15 is 0 Å². The number of carbonyl (C=O) groups is 3. The molecule has 3 fully saturated rings. The number of hydrogen-bond donors (Lipinski definition) is 5. The molecule has 0 radical (unpaired) electrons. The molecule has 3 saturated heterocycles. The first-order valence-corrected chi connectivity index (χ1v) is 11.0. The summed E-state index contributed by atoms with van der Waals surface area (Å²) in [6.45, 7) is 5.12. The zero-order chi connectivity index (χ0) is 21.8. The molecule has 0 aromatic heterocycles. The van der Waals surface area contributed by atoms with Crippen LogP contribution in [0, 0.1) is 11.3 Å². The Bertz CT molecular complexity index is 813. The molecule has 0 aromatic rings. The van der Waals surface area contributed by atoms with Gasteiger partial charge in [0.15, 0.2) is 0 Å². The summed E-state index contributed by atoms with van der Waals surface area (Å²) in [5.41, 5.74) is -0.0159. The highest BCUT2D eigenvalue weighted by molar-refractivity contribution is 8.02. The third-order valence-corrected chi connectivity index (χ3v) is 8.39. The molecule has 11 heteroatoms. The van der Waals surface area contributed by atoms with Crippen molar-refractivity contribution < 1.29 is 24.6 Å². The molecule has 0 spiro atoms. The van der Waals surface area contributed by atoms with Crippen LogP contribution in [0.25, 0.3) is 0 Å². The van der Waals surface area contributed by atoms with E-state index < -0.39 is 22.9 Å². The number of β-lactam (4-membered cyclic amide) rings is 1. The Hall–Kier alpha value is -2.11. The van der Waals surface area contributed by atoms with Gasteiger partial charge in [-0.05, 0) is 25.3 Å². The van der Waals surface area contributed by atoms with Crippen molar-refractivity contribution in [3.8, 4) is 0 Å². The number of nitrogens with one attached hydrogen (secondary N) is 3. The number of nitrogens with zero attached hydrogens (tertiary/aromatic N) is 2. The van der Waals surface area contributed by atoms with Crippen molar-refractivity contribution in [1.82, 2.24) is 20.4 Å². The topological polar surface area (TPSA) is 146 Å². The van der Waals surface area contributed by atoms with E-state index in [0.717, 1.165) is 6.34 Å². The first kappa shape index (κ1) is 21.1. The van der Waals surface area contributed by atoms with E-state index in [4.69, 9.17) is 5.41 Å². The fourth-order valence-corrected chi connectivity index (χ4v) is 6.93. The predicted molar refractivity (Wildman–Crippen MR) is 110 cm³/mol. The monoisotopic (exact) mass is 437 g/mol. The predicted octanol–water partition coefficient (Wildman–Crippen LogP) is -1.19. The lowest BCUT2D eigenvalue weighted by atomic mass is 9.78. The Labute approximate surface area is 178 Å². The summed E-state index contributed by atoms with van der Waals surface area (Å²) in [7, 11) is 0. The third-order valence-electron chi connectivity index (χ3n) is 6.55. The average Bonchev–Trinajstić information content (AvgIpc) is 3.24. The van der Waals surface area contributed by atoms with Gasteiger partial charge in [-0.3, -0.25) is 19.9 Å². The maximum absolute atomic E-state index is 13.1. The van der Waals surface area contributed by atoms with Crippen LogP contribution >= 0.6 is 11.8 Å². The lowest BCUT2D eigenvalue weighted by molar-refractivity contribution is -0.158. The van der Waals surface area contributed by atoms with Gasteiger partial charge in [-0.1, -0.05) is 6.92 Å². The smallest absolute Gasteiger partial charge is 0.352 e. The van der Waals surface area contributed by atoms with Gasteiger partial charge in [0.05, 0.1) is 30.6 Å². The maximum atomic E-state index is 13.1. The van der Waals surface area contributed by atoms with E-state index in [0.29, 0.717) is 26.1 Å². The summed E-state index contributed by atoms with van der Waals surface area (Å²) >= 11 is 1.38. The van der Waals surface area contributed by atoms with E-state index in [2.05, 4.69) is 10.6 Å². The van der Waals surface area contributed by atoms with Crippen LogP contribution in [0.5, 0.6) is 0 Å². The molecule has 4 heterocycles. The summed E-state index contributed by atoms with van der Waals surface area (Å²) in [6, 6.07) is -0.622. The van der Waals surface area contributed by atoms with E-state index in [1.165, 1.54) is 16.7 Å². The first-order valence-electron chi connectivity index (χ1n) is 10.1. The number of carboxylic acids is 1. The molecular weight excluding hydrogens is 410 g/mol. The lowest BCUT2D eigenvalue weighted by Crippen LogP contribution is -2.76. The summed E-state index contributed by atoms with van der Waals surface area (Å²) < 4.78 is -1.10. The Morgan fingerprint density at radius 1 is 1.47 bits per heavy atom. The lowest BCUT2D eigenvalue weighted by Gasteiger charge is -2.56. The molecule has 5 unspecified atom stereocenters. The number of rotatable bonds is 7. The van der Waals surface area contributed by atoms with E-state index in [1.807, 2.05) is 6.92 Å². The minimum absolute atomic E-state index is 0.0119. The van der Waals surface area contributed by atoms with Gasteiger partial charge in [-0.15, -0.1) is 11.8 Å². The van der Waals surface area contributed by atoms with E-state index in [1.54, 1.807) is 17.9 Å².